The average Bonchev–Trinajstić information content (AvgIpc) is 3.21. The molecule has 4 N–H and O–H groups in total. The van der Waals surface area contributed by atoms with Crippen LogP contribution in [0.4, 0.5) is 24.7 Å². The van der Waals surface area contributed by atoms with Crippen LogP contribution < -0.4 is 11.1 Å². The number of alkyl halides is 3. The minimum atomic E-state index is -4.72. The molecule has 2 aromatic heterocycles. The van der Waals surface area contributed by atoms with Gasteiger partial charge >= 0.3 is 12.1 Å². The predicted molar refractivity (Wildman–Crippen MR) is 124 cm³/mol. The highest BCUT2D eigenvalue weighted by molar-refractivity contribution is 6.05. The fraction of sp³-hybridized carbons (Fsp3) is 0.0800. The predicted octanol–water partition coefficient (Wildman–Crippen LogP) is 5.51. The van der Waals surface area contributed by atoms with E-state index in [0.29, 0.717) is 17.1 Å². The van der Waals surface area contributed by atoms with Gasteiger partial charge in [0.1, 0.15) is 17.2 Å². The number of rotatable bonds is 6. The van der Waals surface area contributed by atoms with Crippen molar-refractivity contribution in [1.82, 2.24) is 4.98 Å². The van der Waals surface area contributed by atoms with Gasteiger partial charge in [-0.1, -0.05) is 18.7 Å². The van der Waals surface area contributed by atoms with Gasteiger partial charge in [0.2, 0.25) is 5.91 Å². The second kappa shape index (κ2) is 8.98. The van der Waals surface area contributed by atoms with Crippen LogP contribution in [-0.2, 0) is 17.4 Å². The number of carbonyl (C=O) groups excluding carboxylic acids is 1. The van der Waals surface area contributed by atoms with Crippen molar-refractivity contribution in [3.05, 3.63) is 89.8 Å². The van der Waals surface area contributed by atoms with Crippen molar-refractivity contribution in [1.29, 1.82) is 0 Å². The number of carbonyl (C=O) groups is 2. The smallest absolute Gasteiger partial charge is 0.420 e. The Morgan fingerprint density at radius 3 is 2.51 bits per heavy atom. The number of carboxylic acid groups (broad SMARTS) is 1. The largest absolute Gasteiger partial charge is 0.478 e. The molecule has 10 heteroatoms. The Labute approximate surface area is 196 Å². The Morgan fingerprint density at radius 1 is 1.11 bits per heavy atom. The topological polar surface area (TPSA) is 118 Å². The van der Waals surface area contributed by atoms with E-state index < -0.39 is 23.6 Å². The third kappa shape index (κ3) is 5.01. The van der Waals surface area contributed by atoms with Gasteiger partial charge in [-0.2, -0.15) is 13.2 Å². The molecular weight excluding hydrogens is 463 g/mol. The number of hydrogen-bond acceptors (Lipinski definition) is 5. The number of furan rings is 1. The number of amides is 1. The zero-order chi connectivity index (χ0) is 25.3. The number of carboxylic acids is 1. The lowest BCUT2D eigenvalue weighted by atomic mass is 9.98. The van der Waals surface area contributed by atoms with E-state index >= 15 is 0 Å². The molecule has 0 bridgehead atoms. The number of aromatic carboxylic acids is 1. The second-order valence-electron chi connectivity index (χ2n) is 7.68. The van der Waals surface area contributed by atoms with Crippen molar-refractivity contribution in [2.24, 2.45) is 0 Å². The quantitative estimate of drug-likeness (QED) is 0.313. The lowest BCUT2D eigenvalue weighted by molar-refractivity contribution is -0.136. The fourth-order valence-electron chi connectivity index (χ4n) is 3.61. The van der Waals surface area contributed by atoms with E-state index in [1.807, 2.05) is 0 Å². The molecule has 0 radical (unpaired) electrons. The molecule has 0 aliphatic rings. The lowest BCUT2D eigenvalue weighted by Gasteiger charge is -2.13. The van der Waals surface area contributed by atoms with Gasteiger partial charge in [-0.05, 0) is 59.2 Å². The fourth-order valence-corrected chi connectivity index (χ4v) is 3.61. The van der Waals surface area contributed by atoms with E-state index in [1.165, 1.54) is 36.5 Å². The lowest BCUT2D eigenvalue weighted by Crippen LogP contribution is -2.12. The SMILES string of the molecule is C=CC(=O)Nc1cc(-c2cc(C(F)(F)F)c3oc(Cc4ccc(N)nc4)cc3c2)ccc1C(=O)O. The highest BCUT2D eigenvalue weighted by Crippen LogP contribution is 2.40. The molecule has 0 aliphatic carbocycles. The van der Waals surface area contributed by atoms with Gasteiger partial charge < -0.3 is 20.6 Å². The molecule has 0 spiro atoms. The van der Waals surface area contributed by atoms with Crippen LogP contribution in [0, 0.1) is 0 Å². The average molecular weight is 481 g/mol. The number of anilines is 2. The number of halogens is 3. The molecule has 2 heterocycles. The molecule has 1 amide bonds. The molecule has 2 aromatic carbocycles. The molecule has 0 saturated heterocycles. The number of hydrogen-bond donors (Lipinski definition) is 3. The van der Waals surface area contributed by atoms with Crippen molar-refractivity contribution in [2.75, 3.05) is 11.1 Å². The molecule has 0 fully saturated rings. The van der Waals surface area contributed by atoms with Crippen molar-refractivity contribution in [3.63, 3.8) is 0 Å². The van der Waals surface area contributed by atoms with E-state index in [4.69, 9.17) is 10.2 Å². The summed E-state index contributed by atoms with van der Waals surface area (Å²) >= 11 is 0. The van der Waals surface area contributed by atoms with Crippen LogP contribution >= 0.6 is 0 Å². The highest BCUT2D eigenvalue weighted by Gasteiger charge is 2.35. The maximum atomic E-state index is 13.9. The minimum Gasteiger partial charge on any atom is -0.478 e. The molecule has 0 aliphatic heterocycles. The van der Waals surface area contributed by atoms with E-state index in [2.05, 4.69) is 16.9 Å². The molecule has 35 heavy (non-hydrogen) atoms. The van der Waals surface area contributed by atoms with Crippen LogP contribution in [0.2, 0.25) is 0 Å². The van der Waals surface area contributed by atoms with Crippen LogP contribution in [0.25, 0.3) is 22.1 Å². The normalized spacial score (nSPS) is 11.4. The molecule has 4 rings (SSSR count). The summed E-state index contributed by atoms with van der Waals surface area (Å²) in [6.07, 6.45) is -2.04. The summed E-state index contributed by atoms with van der Waals surface area (Å²) in [6, 6.07) is 11.1. The molecule has 7 nitrogen and oxygen atoms in total. The van der Waals surface area contributed by atoms with Crippen molar-refractivity contribution < 1.29 is 32.3 Å². The van der Waals surface area contributed by atoms with Gasteiger partial charge in [-0.3, -0.25) is 4.79 Å². The Hall–Kier alpha value is -4.60. The molecule has 0 unspecified atom stereocenters. The van der Waals surface area contributed by atoms with Crippen molar-refractivity contribution in [2.45, 2.75) is 12.6 Å². The van der Waals surface area contributed by atoms with Gasteiger partial charge in [0.05, 0.1) is 16.8 Å². The first-order valence-corrected chi connectivity index (χ1v) is 10.2. The maximum Gasteiger partial charge on any atom is 0.420 e. The zero-order valence-electron chi connectivity index (χ0n) is 18.0. The number of fused-ring (bicyclic) bond motifs is 1. The van der Waals surface area contributed by atoms with E-state index in [0.717, 1.165) is 12.1 Å². The van der Waals surface area contributed by atoms with Crippen LogP contribution in [0.1, 0.15) is 27.2 Å². The Bertz CT molecular complexity index is 1460. The minimum absolute atomic E-state index is 0.0720. The summed E-state index contributed by atoms with van der Waals surface area (Å²) in [6.45, 7) is 3.32. The summed E-state index contributed by atoms with van der Waals surface area (Å²) < 4.78 is 47.4. The molecule has 4 aromatic rings. The zero-order valence-corrected chi connectivity index (χ0v) is 18.0. The van der Waals surface area contributed by atoms with E-state index in [1.54, 1.807) is 12.1 Å². The Kier molecular flexibility index (Phi) is 6.04. The molecule has 0 saturated carbocycles. The summed E-state index contributed by atoms with van der Waals surface area (Å²) in [4.78, 5) is 27.2. The first-order valence-electron chi connectivity index (χ1n) is 10.2. The van der Waals surface area contributed by atoms with Gasteiger partial charge in [0, 0.05) is 18.0 Å². The molecular formula is C25H18F3N3O4. The van der Waals surface area contributed by atoms with Gasteiger partial charge in [-0.15, -0.1) is 0 Å². The Balaban J connectivity index is 1.82. The number of benzene rings is 2. The van der Waals surface area contributed by atoms with E-state index in [-0.39, 0.29) is 39.8 Å². The second-order valence-corrected chi connectivity index (χ2v) is 7.68. The van der Waals surface area contributed by atoms with Gasteiger partial charge in [-0.25, -0.2) is 9.78 Å². The van der Waals surface area contributed by atoms with Crippen LogP contribution in [-0.4, -0.2) is 22.0 Å². The summed E-state index contributed by atoms with van der Waals surface area (Å²) in [5.41, 5.74) is 5.12. The number of nitrogen functional groups attached to an aromatic ring is 1. The molecule has 0 atom stereocenters. The van der Waals surface area contributed by atoms with Crippen molar-refractivity contribution >= 4 is 34.4 Å². The number of nitrogens with one attached hydrogen (secondary N) is 1. The van der Waals surface area contributed by atoms with Gasteiger partial charge in [0.25, 0.3) is 0 Å². The summed E-state index contributed by atoms with van der Waals surface area (Å²) in [5, 5.41) is 12.0. The van der Waals surface area contributed by atoms with Crippen molar-refractivity contribution in [3.8, 4) is 11.1 Å². The standard InChI is InChI=1S/C25H18F3N3O4/c1-2-22(32)31-20-11-14(4-5-18(20)24(33)34)15-8-16-9-17(7-13-3-6-21(29)30-12-13)35-23(16)19(10-15)25(26,27)28/h2-6,8-12H,1,7H2,(H2,29,30)(H,31,32)(H,33,34). The first kappa shape index (κ1) is 23.6. The summed E-state index contributed by atoms with van der Waals surface area (Å²) in [7, 11) is 0. The third-order valence-corrected chi connectivity index (χ3v) is 5.23. The maximum absolute atomic E-state index is 13.9. The number of aromatic nitrogens is 1. The first-order chi connectivity index (χ1) is 16.5. The number of pyridine rings is 1. The molecule has 178 valence electrons. The van der Waals surface area contributed by atoms with E-state index in [9.17, 15) is 27.9 Å². The van der Waals surface area contributed by atoms with Gasteiger partial charge in [0.15, 0.2) is 0 Å². The Morgan fingerprint density at radius 2 is 1.89 bits per heavy atom. The third-order valence-electron chi connectivity index (χ3n) is 5.23. The van der Waals surface area contributed by atoms with Crippen LogP contribution in [0.3, 0.4) is 0 Å². The number of nitrogens with zero attached hydrogens (tertiary/aromatic N) is 1. The summed E-state index contributed by atoms with van der Waals surface area (Å²) in [5.74, 6) is -1.35. The monoisotopic (exact) mass is 481 g/mol. The highest BCUT2D eigenvalue weighted by atomic mass is 19.4. The van der Waals surface area contributed by atoms with Crippen LogP contribution in [0.5, 0.6) is 0 Å². The van der Waals surface area contributed by atoms with Crippen LogP contribution in [0.15, 0.2) is 71.8 Å². The number of nitrogens with two attached hydrogens (primary N) is 1.